The van der Waals surface area contributed by atoms with Crippen LogP contribution in [0.25, 0.3) is 11.7 Å². The Morgan fingerprint density at radius 2 is 2.36 bits per heavy atom. The van der Waals surface area contributed by atoms with Crippen LogP contribution in [-0.2, 0) is 11.2 Å². The zero-order valence-electron chi connectivity index (χ0n) is 14.0. The van der Waals surface area contributed by atoms with Crippen molar-refractivity contribution in [3.05, 3.63) is 48.6 Å². The number of aromatic nitrogens is 3. The van der Waals surface area contributed by atoms with Gasteiger partial charge >= 0.3 is 0 Å². The van der Waals surface area contributed by atoms with Crippen LogP contribution in [-0.4, -0.2) is 26.5 Å². The van der Waals surface area contributed by atoms with Crippen LogP contribution < -0.4 is 5.32 Å². The predicted molar refractivity (Wildman–Crippen MR) is 89.7 cm³/mol. The molecule has 1 saturated carbocycles. The van der Waals surface area contributed by atoms with Gasteiger partial charge in [0.15, 0.2) is 5.76 Å². The van der Waals surface area contributed by atoms with Crippen LogP contribution in [0, 0.1) is 6.92 Å². The van der Waals surface area contributed by atoms with Gasteiger partial charge in [-0.05, 0) is 38.3 Å². The maximum Gasteiger partial charge on any atom is 0.263 e. The molecule has 25 heavy (non-hydrogen) atoms. The Labute approximate surface area is 145 Å². The highest BCUT2D eigenvalue weighted by molar-refractivity contribution is 5.78. The van der Waals surface area contributed by atoms with Crippen molar-refractivity contribution in [2.45, 2.75) is 44.7 Å². The number of furan rings is 1. The Hall–Kier alpha value is -2.83. The monoisotopic (exact) mass is 340 g/mol. The number of carbonyl (C=O) groups is 1. The molecule has 2 unspecified atom stereocenters. The molecule has 3 aromatic rings. The van der Waals surface area contributed by atoms with E-state index in [1.165, 1.54) is 0 Å². The fourth-order valence-electron chi connectivity index (χ4n) is 3.44. The van der Waals surface area contributed by atoms with Gasteiger partial charge in [0.2, 0.25) is 5.91 Å². The first-order valence-electron chi connectivity index (χ1n) is 8.47. The molecule has 2 atom stereocenters. The normalized spacial score (nSPS) is 20.0. The summed E-state index contributed by atoms with van der Waals surface area (Å²) in [5.74, 6) is 1.56. The molecular weight excluding hydrogens is 320 g/mol. The number of imidazole rings is 1. The molecule has 1 aliphatic rings. The highest BCUT2D eigenvalue weighted by Crippen LogP contribution is 2.30. The molecule has 1 amide bonds. The van der Waals surface area contributed by atoms with Gasteiger partial charge in [0, 0.05) is 18.4 Å². The third kappa shape index (κ3) is 3.22. The zero-order valence-corrected chi connectivity index (χ0v) is 14.0. The van der Waals surface area contributed by atoms with Gasteiger partial charge in [-0.2, -0.15) is 0 Å². The molecule has 1 fully saturated rings. The molecule has 4 rings (SSSR count). The summed E-state index contributed by atoms with van der Waals surface area (Å²) in [5, 5.41) is 3.14. The van der Waals surface area contributed by atoms with Gasteiger partial charge in [-0.3, -0.25) is 4.79 Å². The number of carbonyl (C=O) groups excluding carboxylic acids is 1. The fourth-order valence-corrected chi connectivity index (χ4v) is 3.44. The summed E-state index contributed by atoms with van der Waals surface area (Å²) in [6, 6.07) is 3.95. The molecule has 7 heteroatoms. The lowest BCUT2D eigenvalue weighted by molar-refractivity contribution is -0.121. The smallest absolute Gasteiger partial charge is 0.263 e. The number of rotatable bonds is 5. The molecule has 130 valence electrons. The van der Waals surface area contributed by atoms with Crippen LogP contribution in [0.3, 0.4) is 0 Å². The number of aryl methyl sites for hydroxylation is 1. The number of amides is 1. The summed E-state index contributed by atoms with van der Waals surface area (Å²) in [6.07, 6.45) is 10.4. The molecule has 1 N–H and O–H groups in total. The van der Waals surface area contributed by atoms with Crippen LogP contribution in [0.15, 0.2) is 46.0 Å². The molecule has 0 aromatic carbocycles. The van der Waals surface area contributed by atoms with Crippen molar-refractivity contribution in [2.75, 3.05) is 0 Å². The first-order chi connectivity index (χ1) is 12.2. The summed E-state index contributed by atoms with van der Waals surface area (Å²) in [4.78, 5) is 21.0. The van der Waals surface area contributed by atoms with Gasteiger partial charge in [0.05, 0.1) is 30.7 Å². The SMILES string of the molecule is Cc1oc(-c2ccco2)nc1CC(=O)NC1CCCC1n1ccnc1. The molecule has 0 spiro atoms. The standard InChI is InChI=1S/C18H20N4O3/c1-12-14(21-18(25-12)16-6-3-9-24-16)10-17(23)20-13-4-2-5-15(13)22-8-7-19-11-22/h3,6-9,11,13,15H,2,4-5,10H2,1H3,(H,20,23). The minimum absolute atomic E-state index is 0.0422. The summed E-state index contributed by atoms with van der Waals surface area (Å²) >= 11 is 0. The quantitative estimate of drug-likeness (QED) is 0.772. The minimum Gasteiger partial charge on any atom is -0.459 e. The van der Waals surface area contributed by atoms with E-state index in [9.17, 15) is 4.79 Å². The van der Waals surface area contributed by atoms with Crippen molar-refractivity contribution < 1.29 is 13.6 Å². The van der Waals surface area contributed by atoms with Crippen molar-refractivity contribution in [1.29, 1.82) is 0 Å². The second-order valence-electron chi connectivity index (χ2n) is 6.36. The molecule has 1 aliphatic carbocycles. The third-order valence-corrected chi connectivity index (χ3v) is 4.69. The van der Waals surface area contributed by atoms with Crippen molar-refractivity contribution in [2.24, 2.45) is 0 Å². The van der Waals surface area contributed by atoms with Crippen LogP contribution in [0.4, 0.5) is 0 Å². The molecule has 0 aliphatic heterocycles. The van der Waals surface area contributed by atoms with E-state index in [1.54, 1.807) is 24.6 Å². The van der Waals surface area contributed by atoms with E-state index in [0.29, 0.717) is 23.1 Å². The molecule has 0 radical (unpaired) electrons. The van der Waals surface area contributed by atoms with Gasteiger partial charge in [-0.1, -0.05) is 0 Å². The van der Waals surface area contributed by atoms with E-state index in [4.69, 9.17) is 8.83 Å². The summed E-state index contributed by atoms with van der Waals surface area (Å²) < 4.78 is 13.0. The molecule has 0 saturated heterocycles. The number of nitrogens with zero attached hydrogens (tertiary/aromatic N) is 3. The van der Waals surface area contributed by atoms with Crippen molar-refractivity contribution in [3.8, 4) is 11.7 Å². The van der Waals surface area contributed by atoms with Gasteiger partial charge in [-0.25, -0.2) is 9.97 Å². The van der Waals surface area contributed by atoms with E-state index in [-0.39, 0.29) is 24.4 Å². The van der Waals surface area contributed by atoms with E-state index in [0.717, 1.165) is 19.3 Å². The lowest BCUT2D eigenvalue weighted by atomic mass is 10.1. The Balaban J connectivity index is 1.42. The molecule has 7 nitrogen and oxygen atoms in total. The highest BCUT2D eigenvalue weighted by Gasteiger charge is 2.30. The van der Waals surface area contributed by atoms with Crippen molar-refractivity contribution in [3.63, 3.8) is 0 Å². The Morgan fingerprint density at radius 3 is 3.12 bits per heavy atom. The van der Waals surface area contributed by atoms with Crippen molar-refractivity contribution >= 4 is 5.91 Å². The number of nitrogens with one attached hydrogen (secondary N) is 1. The number of hydrogen-bond acceptors (Lipinski definition) is 5. The van der Waals surface area contributed by atoms with Gasteiger partial charge in [0.25, 0.3) is 5.89 Å². The lowest BCUT2D eigenvalue weighted by Crippen LogP contribution is -2.39. The molecule has 0 bridgehead atoms. The van der Waals surface area contributed by atoms with Crippen LogP contribution in [0.2, 0.25) is 0 Å². The largest absolute Gasteiger partial charge is 0.459 e. The highest BCUT2D eigenvalue weighted by atomic mass is 16.4. The molecule has 3 aromatic heterocycles. The minimum atomic E-state index is -0.0422. The number of hydrogen-bond donors (Lipinski definition) is 1. The zero-order chi connectivity index (χ0) is 17.2. The Bertz CT molecular complexity index is 836. The maximum atomic E-state index is 12.5. The summed E-state index contributed by atoms with van der Waals surface area (Å²) in [7, 11) is 0. The second kappa shape index (κ2) is 6.58. The van der Waals surface area contributed by atoms with E-state index in [1.807, 2.05) is 19.4 Å². The first-order valence-corrected chi connectivity index (χ1v) is 8.47. The Kier molecular flexibility index (Phi) is 4.13. The molecular formula is C18H20N4O3. The van der Waals surface area contributed by atoms with Gasteiger partial charge in [-0.15, -0.1) is 0 Å². The van der Waals surface area contributed by atoms with Gasteiger partial charge in [0.1, 0.15) is 5.76 Å². The predicted octanol–water partition coefficient (Wildman–Crippen LogP) is 2.89. The lowest BCUT2D eigenvalue weighted by Gasteiger charge is -2.22. The van der Waals surface area contributed by atoms with Crippen LogP contribution >= 0.6 is 0 Å². The van der Waals surface area contributed by atoms with E-state index in [2.05, 4.69) is 19.9 Å². The van der Waals surface area contributed by atoms with E-state index >= 15 is 0 Å². The van der Waals surface area contributed by atoms with Crippen molar-refractivity contribution in [1.82, 2.24) is 19.9 Å². The fraction of sp³-hybridized carbons (Fsp3) is 0.389. The second-order valence-corrected chi connectivity index (χ2v) is 6.36. The average molecular weight is 340 g/mol. The topological polar surface area (TPSA) is 86.1 Å². The average Bonchev–Trinajstić information content (AvgIpc) is 3.35. The maximum absolute atomic E-state index is 12.5. The van der Waals surface area contributed by atoms with Crippen LogP contribution in [0.5, 0.6) is 0 Å². The first kappa shape index (κ1) is 15.7. The Morgan fingerprint density at radius 1 is 1.44 bits per heavy atom. The summed E-state index contributed by atoms with van der Waals surface area (Å²) in [5.41, 5.74) is 0.640. The van der Waals surface area contributed by atoms with Gasteiger partial charge < -0.3 is 18.7 Å². The van der Waals surface area contributed by atoms with Crippen LogP contribution in [0.1, 0.15) is 36.8 Å². The number of oxazole rings is 1. The summed E-state index contributed by atoms with van der Waals surface area (Å²) in [6.45, 7) is 1.81. The molecule has 3 heterocycles. The third-order valence-electron chi connectivity index (χ3n) is 4.69. The van der Waals surface area contributed by atoms with E-state index < -0.39 is 0 Å².